The van der Waals surface area contributed by atoms with Crippen LogP contribution in [0.15, 0.2) is 12.4 Å². The first-order valence-electron chi connectivity index (χ1n) is 2.68. The Labute approximate surface area is 55.1 Å². The molecule has 4 nitrogen and oxygen atoms in total. The van der Waals surface area contributed by atoms with Crippen molar-refractivity contribution in [2.75, 3.05) is 0 Å². The van der Waals surface area contributed by atoms with Gasteiger partial charge < -0.3 is 0 Å². The van der Waals surface area contributed by atoms with Crippen molar-refractivity contribution in [2.24, 2.45) is 0 Å². The third-order valence-corrected chi connectivity index (χ3v) is 1.13. The predicted octanol–water partition coefficient (Wildman–Crippen LogP) is 0.492. The van der Waals surface area contributed by atoms with Crippen molar-refractivity contribution in [3.05, 3.63) is 18.3 Å². The molecule has 0 unspecified atom stereocenters. The molecule has 0 aromatic carbocycles. The van der Waals surface area contributed by atoms with E-state index >= 15 is 0 Å². The van der Waals surface area contributed by atoms with Crippen molar-refractivity contribution in [1.82, 2.24) is 20.2 Å². The minimum absolute atomic E-state index is 0.444. The highest BCUT2D eigenvalue weighted by Gasteiger charge is 1.97. The third kappa shape index (κ3) is 0.637. The van der Waals surface area contributed by atoms with Crippen LogP contribution in [-0.4, -0.2) is 20.2 Å². The fourth-order valence-electron chi connectivity index (χ4n) is 0.712. The molecule has 0 amide bonds. The van der Waals surface area contributed by atoms with Crippen LogP contribution < -0.4 is 0 Å². The van der Waals surface area contributed by atoms with Crippen LogP contribution in [0.5, 0.6) is 0 Å². The van der Waals surface area contributed by atoms with Crippen LogP contribution in [0, 0.1) is 5.95 Å². The Bertz CT molecular complexity index is 355. The lowest BCUT2D eigenvalue weighted by molar-refractivity contribution is 0.583. The number of nitrogens with one attached hydrogen (secondary N) is 1. The van der Waals surface area contributed by atoms with Gasteiger partial charge in [0.1, 0.15) is 5.52 Å². The first-order valence-corrected chi connectivity index (χ1v) is 2.68. The van der Waals surface area contributed by atoms with Gasteiger partial charge in [-0.3, -0.25) is 5.10 Å². The van der Waals surface area contributed by atoms with Gasteiger partial charge in [0.2, 0.25) is 5.95 Å². The van der Waals surface area contributed by atoms with E-state index < -0.39 is 5.95 Å². The van der Waals surface area contributed by atoms with E-state index in [-0.39, 0.29) is 0 Å². The van der Waals surface area contributed by atoms with Crippen LogP contribution in [-0.2, 0) is 0 Å². The maximum atomic E-state index is 12.3. The second-order valence-corrected chi connectivity index (χ2v) is 1.80. The molecular weight excluding hydrogens is 135 g/mol. The monoisotopic (exact) mass is 138 g/mol. The van der Waals surface area contributed by atoms with Gasteiger partial charge in [0.25, 0.3) is 0 Å². The second-order valence-electron chi connectivity index (χ2n) is 1.80. The number of halogens is 1. The van der Waals surface area contributed by atoms with Crippen LogP contribution in [0.4, 0.5) is 4.39 Å². The van der Waals surface area contributed by atoms with Gasteiger partial charge in [-0.2, -0.15) is 9.49 Å². The van der Waals surface area contributed by atoms with E-state index in [0.717, 1.165) is 6.20 Å². The number of hydrogen-bond acceptors (Lipinski definition) is 3. The highest BCUT2D eigenvalue weighted by Crippen LogP contribution is 2.02. The van der Waals surface area contributed by atoms with Crippen LogP contribution in [0.25, 0.3) is 11.2 Å². The fourth-order valence-corrected chi connectivity index (χ4v) is 0.712. The number of aromatic amines is 1. The summed E-state index contributed by atoms with van der Waals surface area (Å²) in [6.45, 7) is 0. The zero-order chi connectivity index (χ0) is 6.97. The van der Waals surface area contributed by atoms with Crippen LogP contribution in [0.1, 0.15) is 0 Å². The van der Waals surface area contributed by atoms with Gasteiger partial charge in [-0.25, -0.2) is 9.97 Å². The average Bonchev–Trinajstić information content (AvgIpc) is 2.33. The minimum Gasteiger partial charge on any atom is -0.259 e. The molecule has 0 bridgehead atoms. The topological polar surface area (TPSA) is 54.5 Å². The Morgan fingerprint density at radius 1 is 1.40 bits per heavy atom. The van der Waals surface area contributed by atoms with Crippen molar-refractivity contribution in [3.63, 3.8) is 0 Å². The smallest absolute Gasteiger partial charge is 0.232 e. The summed E-state index contributed by atoms with van der Waals surface area (Å²) in [5, 5.41) is 6.18. The van der Waals surface area contributed by atoms with E-state index in [1.54, 1.807) is 0 Å². The molecule has 0 radical (unpaired) electrons. The number of rotatable bonds is 0. The summed E-state index contributed by atoms with van der Waals surface area (Å²) in [5.74, 6) is -0.589. The Balaban J connectivity index is 2.86. The first-order chi connectivity index (χ1) is 4.86. The van der Waals surface area contributed by atoms with Crippen molar-refractivity contribution in [2.45, 2.75) is 0 Å². The molecule has 0 aliphatic rings. The number of H-pyrrole nitrogens is 1. The van der Waals surface area contributed by atoms with Gasteiger partial charge in [-0.05, 0) is 0 Å². The first kappa shape index (κ1) is 5.28. The normalized spacial score (nSPS) is 10.5. The maximum Gasteiger partial charge on any atom is 0.232 e. The number of hydrogen-bond donors (Lipinski definition) is 1. The van der Waals surface area contributed by atoms with Gasteiger partial charge in [-0.15, -0.1) is 0 Å². The van der Waals surface area contributed by atoms with Gasteiger partial charge in [0.05, 0.1) is 12.4 Å². The van der Waals surface area contributed by atoms with E-state index in [0.29, 0.717) is 11.2 Å². The SMILES string of the molecule is Fc1cnc2[nH]ncc2n1. The summed E-state index contributed by atoms with van der Waals surface area (Å²) in [6.07, 6.45) is 2.46. The average molecular weight is 138 g/mol. The quantitative estimate of drug-likeness (QED) is 0.576. The lowest BCUT2D eigenvalue weighted by Gasteiger charge is -1.84. The molecule has 0 atom stereocenters. The third-order valence-electron chi connectivity index (χ3n) is 1.13. The predicted molar refractivity (Wildman–Crippen MR) is 31.6 cm³/mol. The van der Waals surface area contributed by atoms with Gasteiger partial charge in [0.15, 0.2) is 5.65 Å². The lowest BCUT2D eigenvalue weighted by Crippen LogP contribution is -1.84. The Morgan fingerprint density at radius 2 is 2.30 bits per heavy atom. The molecule has 0 saturated heterocycles. The molecule has 0 aliphatic carbocycles. The molecule has 0 fully saturated rings. The van der Waals surface area contributed by atoms with Crippen molar-refractivity contribution >= 4 is 11.2 Å². The van der Waals surface area contributed by atoms with Gasteiger partial charge >= 0.3 is 0 Å². The zero-order valence-electron chi connectivity index (χ0n) is 4.87. The largest absolute Gasteiger partial charge is 0.259 e. The van der Waals surface area contributed by atoms with Crippen molar-refractivity contribution in [3.8, 4) is 0 Å². The minimum atomic E-state index is -0.589. The highest BCUT2D eigenvalue weighted by molar-refractivity contribution is 5.67. The molecule has 1 N–H and O–H groups in total. The fraction of sp³-hybridized carbons (Fsp3) is 0. The Hall–Kier alpha value is -1.52. The molecule has 5 heteroatoms. The Morgan fingerprint density at radius 3 is 3.20 bits per heavy atom. The molecular formula is C5H3FN4. The van der Waals surface area contributed by atoms with Crippen molar-refractivity contribution in [1.29, 1.82) is 0 Å². The zero-order valence-corrected chi connectivity index (χ0v) is 4.87. The van der Waals surface area contributed by atoms with E-state index in [4.69, 9.17) is 0 Å². The molecule has 2 heterocycles. The standard InChI is InChI=1S/C5H3FN4/c6-4-2-7-5-3(9-4)1-8-10-5/h1-2H,(H,7,8,10). The summed E-state index contributed by atoms with van der Waals surface area (Å²) in [5.41, 5.74) is 0.946. The molecule has 2 aromatic rings. The molecule has 2 aromatic heterocycles. The highest BCUT2D eigenvalue weighted by atomic mass is 19.1. The molecule has 10 heavy (non-hydrogen) atoms. The molecule has 50 valence electrons. The van der Waals surface area contributed by atoms with Crippen LogP contribution in [0.2, 0.25) is 0 Å². The lowest BCUT2D eigenvalue weighted by atomic mass is 10.6. The maximum absolute atomic E-state index is 12.3. The molecule has 0 saturated carbocycles. The second kappa shape index (κ2) is 1.73. The summed E-state index contributed by atoms with van der Waals surface area (Å²) in [6, 6.07) is 0. The molecule has 0 spiro atoms. The van der Waals surface area contributed by atoms with Crippen LogP contribution >= 0.6 is 0 Å². The number of fused-ring (bicyclic) bond motifs is 1. The van der Waals surface area contributed by atoms with E-state index in [1.165, 1.54) is 6.20 Å². The van der Waals surface area contributed by atoms with Gasteiger partial charge in [0, 0.05) is 0 Å². The summed E-state index contributed by atoms with van der Waals surface area (Å²) in [7, 11) is 0. The Kier molecular flexibility index (Phi) is 0.913. The molecule has 0 aliphatic heterocycles. The number of aromatic nitrogens is 4. The van der Waals surface area contributed by atoms with E-state index in [9.17, 15) is 4.39 Å². The van der Waals surface area contributed by atoms with Crippen LogP contribution in [0.3, 0.4) is 0 Å². The van der Waals surface area contributed by atoms with E-state index in [2.05, 4.69) is 20.2 Å². The van der Waals surface area contributed by atoms with Gasteiger partial charge in [-0.1, -0.05) is 0 Å². The van der Waals surface area contributed by atoms with Crippen molar-refractivity contribution < 1.29 is 4.39 Å². The number of nitrogens with zero attached hydrogens (tertiary/aromatic N) is 3. The van der Waals surface area contributed by atoms with E-state index in [1.807, 2.05) is 0 Å². The summed E-state index contributed by atoms with van der Waals surface area (Å²) < 4.78 is 12.3. The molecule has 2 rings (SSSR count). The summed E-state index contributed by atoms with van der Waals surface area (Å²) in [4.78, 5) is 7.20. The summed E-state index contributed by atoms with van der Waals surface area (Å²) >= 11 is 0.